The average Bonchev–Trinajstić information content (AvgIpc) is 2.73. The third-order valence-corrected chi connectivity index (χ3v) is 5.44. The van der Waals surface area contributed by atoms with Gasteiger partial charge in [0.25, 0.3) is 0 Å². The number of hydrogen-bond donors (Lipinski definition) is 2. The first-order chi connectivity index (χ1) is 8.62. The monoisotopic (exact) mass is 332 g/mol. The summed E-state index contributed by atoms with van der Waals surface area (Å²) in [5.41, 5.74) is 5.34. The summed E-state index contributed by atoms with van der Waals surface area (Å²) in [6.07, 6.45) is -5.62. The number of hydrogen-bond acceptors (Lipinski definition) is 4. The van der Waals surface area contributed by atoms with E-state index in [0.717, 1.165) is 11.3 Å². The van der Waals surface area contributed by atoms with E-state index in [4.69, 9.17) is 18.0 Å². The molecule has 0 bridgehead atoms. The van der Waals surface area contributed by atoms with E-state index in [1.54, 1.807) is 0 Å². The van der Waals surface area contributed by atoms with Crippen molar-refractivity contribution >= 4 is 38.6 Å². The zero-order valence-electron chi connectivity index (χ0n) is 9.53. The molecule has 1 rings (SSSR count). The van der Waals surface area contributed by atoms with E-state index in [1.165, 1.54) is 12.1 Å². The summed E-state index contributed by atoms with van der Waals surface area (Å²) in [7, 11) is -3.80. The smallest absolute Gasteiger partial charge is 0.389 e. The Labute approximate surface area is 117 Å². The van der Waals surface area contributed by atoms with Gasteiger partial charge in [0.1, 0.15) is 9.20 Å². The van der Waals surface area contributed by atoms with Crippen LogP contribution in [0.4, 0.5) is 13.2 Å². The van der Waals surface area contributed by atoms with Crippen LogP contribution in [0.5, 0.6) is 0 Å². The standard InChI is InChI=1S/C9H11F3N2O2S3/c10-9(11,12)4-1-5-14-19(15,16)7-3-2-6(18-7)8(13)17/h2-3,14H,1,4-5H2,(H2,13,17). The van der Waals surface area contributed by atoms with Crippen molar-refractivity contribution in [3.63, 3.8) is 0 Å². The van der Waals surface area contributed by atoms with Crippen molar-refractivity contribution in [2.75, 3.05) is 6.54 Å². The van der Waals surface area contributed by atoms with Gasteiger partial charge in [-0.2, -0.15) is 13.2 Å². The van der Waals surface area contributed by atoms with Crippen molar-refractivity contribution in [3.05, 3.63) is 17.0 Å². The van der Waals surface area contributed by atoms with Crippen molar-refractivity contribution in [2.45, 2.75) is 23.2 Å². The Balaban J connectivity index is 2.58. The minimum Gasteiger partial charge on any atom is -0.389 e. The van der Waals surface area contributed by atoms with E-state index in [1.807, 2.05) is 0 Å². The summed E-state index contributed by atoms with van der Waals surface area (Å²) >= 11 is 5.57. The highest BCUT2D eigenvalue weighted by atomic mass is 32.2. The van der Waals surface area contributed by atoms with Gasteiger partial charge in [0, 0.05) is 13.0 Å². The second kappa shape index (κ2) is 6.16. The molecule has 0 saturated carbocycles. The molecule has 0 spiro atoms. The lowest BCUT2D eigenvalue weighted by molar-refractivity contribution is -0.135. The van der Waals surface area contributed by atoms with Gasteiger partial charge in [0.05, 0.1) is 4.88 Å². The number of sulfonamides is 1. The van der Waals surface area contributed by atoms with Crippen LogP contribution in [0.3, 0.4) is 0 Å². The molecular weight excluding hydrogens is 321 g/mol. The normalized spacial score (nSPS) is 12.6. The van der Waals surface area contributed by atoms with Crippen LogP contribution >= 0.6 is 23.6 Å². The van der Waals surface area contributed by atoms with Crippen molar-refractivity contribution in [1.29, 1.82) is 0 Å². The number of halogens is 3. The van der Waals surface area contributed by atoms with E-state index in [9.17, 15) is 21.6 Å². The fraction of sp³-hybridized carbons (Fsp3) is 0.444. The lowest BCUT2D eigenvalue weighted by Gasteiger charge is -2.07. The summed E-state index contributed by atoms with van der Waals surface area (Å²) in [6.45, 7) is -0.276. The summed E-state index contributed by atoms with van der Waals surface area (Å²) in [5.74, 6) is 0. The van der Waals surface area contributed by atoms with Crippen molar-refractivity contribution in [1.82, 2.24) is 4.72 Å². The molecule has 1 heterocycles. The maximum absolute atomic E-state index is 11.9. The quantitative estimate of drug-likeness (QED) is 0.617. The molecule has 0 saturated heterocycles. The van der Waals surface area contributed by atoms with Crippen LogP contribution in [0.1, 0.15) is 17.7 Å². The van der Waals surface area contributed by atoms with Crippen LogP contribution in [0, 0.1) is 0 Å². The number of thiophene rings is 1. The number of nitrogens with one attached hydrogen (secondary N) is 1. The highest BCUT2D eigenvalue weighted by Gasteiger charge is 2.26. The summed E-state index contributed by atoms with van der Waals surface area (Å²) in [5, 5.41) is 0. The predicted octanol–water partition coefficient (Wildman–Crippen LogP) is 2.00. The molecule has 3 N–H and O–H groups in total. The van der Waals surface area contributed by atoms with Gasteiger partial charge < -0.3 is 5.73 Å². The molecule has 4 nitrogen and oxygen atoms in total. The largest absolute Gasteiger partial charge is 0.389 e. The van der Waals surface area contributed by atoms with Crippen LogP contribution in [0.25, 0.3) is 0 Å². The molecule has 0 aliphatic carbocycles. The molecule has 19 heavy (non-hydrogen) atoms. The van der Waals surface area contributed by atoms with E-state index in [2.05, 4.69) is 4.72 Å². The summed E-state index contributed by atoms with van der Waals surface area (Å²) < 4.78 is 61.2. The highest BCUT2D eigenvalue weighted by molar-refractivity contribution is 7.91. The van der Waals surface area contributed by atoms with Crippen LogP contribution in [0.15, 0.2) is 16.3 Å². The third kappa shape index (κ3) is 5.43. The minimum absolute atomic E-state index is 0.0256. The van der Waals surface area contributed by atoms with Gasteiger partial charge in [-0.1, -0.05) is 12.2 Å². The fourth-order valence-electron chi connectivity index (χ4n) is 1.16. The first-order valence-electron chi connectivity index (χ1n) is 5.08. The Bertz CT molecular complexity index is 551. The number of alkyl halides is 3. The molecule has 0 unspecified atom stereocenters. The SMILES string of the molecule is NC(=S)c1ccc(S(=O)(=O)NCCCC(F)(F)F)s1. The van der Waals surface area contributed by atoms with Gasteiger partial charge in [0.2, 0.25) is 10.0 Å². The molecule has 108 valence electrons. The number of rotatable bonds is 6. The maximum atomic E-state index is 11.9. The zero-order valence-corrected chi connectivity index (χ0v) is 12.0. The van der Waals surface area contributed by atoms with Crippen LogP contribution in [0.2, 0.25) is 0 Å². The van der Waals surface area contributed by atoms with Crippen LogP contribution in [-0.4, -0.2) is 26.1 Å². The van der Waals surface area contributed by atoms with Crippen molar-refractivity contribution in [2.24, 2.45) is 5.73 Å². The van der Waals surface area contributed by atoms with Crippen LogP contribution < -0.4 is 10.5 Å². The van der Waals surface area contributed by atoms with Gasteiger partial charge in [-0.05, 0) is 18.6 Å². The van der Waals surface area contributed by atoms with E-state index in [-0.39, 0.29) is 22.2 Å². The Kier molecular flexibility index (Phi) is 5.30. The Hall–Kier alpha value is -0.710. The third-order valence-electron chi connectivity index (χ3n) is 2.02. The maximum Gasteiger partial charge on any atom is 0.389 e. The lowest BCUT2D eigenvalue weighted by atomic mass is 10.3. The Morgan fingerprint density at radius 1 is 1.42 bits per heavy atom. The lowest BCUT2D eigenvalue weighted by Crippen LogP contribution is -2.25. The molecule has 0 aliphatic heterocycles. The summed E-state index contributed by atoms with van der Waals surface area (Å²) in [4.78, 5) is 0.509. The van der Waals surface area contributed by atoms with Gasteiger partial charge in [-0.3, -0.25) is 0 Å². The van der Waals surface area contributed by atoms with E-state index < -0.39 is 22.6 Å². The average molecular weight is 332 g/mol. The molecule has 1 aromatic rings. The van der Waals surface area contributed by atoms with Crippen LogP contribution in [-0.2, 0) is 10.0 Å². The molecule has 0 fully saturated rings. The molecule has 0 aliphatic rings. The minimum atomic E-state index is -4.28. The summed E-state index contributed by atoms with van der Waals surface area (Å²) in [6, 6.07) is 2.77. The molecule has 0 radical (unpaired) electrons. The first-order valence-corrected chi connectivity index (χ1v) is 7.79. The van der Waals surface area contributed by atoms with E-state index in [0.29, 0.717) is 4.88 Å². The highest BCUT2D eigenvalue weighted by Crippen LogP contribution is 2.23. The number of thiocarbonyl (C=S) groups is 1. The Morgan fingerprint density at radius 3 is 2.53 bits per heavy atom. The molecular formula is C9H11F3N2O2S3. The second-order valence-corrected chi connectivity index (χ2v) is 7.12. The molecule has 0 atom stereocenters. The van der Waals surface area contributed by atoms with E-state index >= 15 is 0 Å². The topological polar surface area (TPSA) is 72.2 Å². The Morgan fingerprint density at radius 2 is 2.05 bits per heavy atom. The fourth-order valence-corrected chi connectivity index (χ4v) is 3.63. The van der Waals surface area contributed by atoms with Crippen molar-refractivity contribution in [3.8, 4) is 0 Å². The van der Waals surface area contributed by atoms with Gasteiger partial charge in [-0.15, -0.1) is 11.3 Å². The zero-order chi connectivity index (χ0) is 14.7. The predicted molar refractivity (Wildman–Crippen MR) is 70.7 cm³/mol. The molecule has 0 amide bonds. The number of nitrogens with two attached hydrogens (primary N) is 1. The van der Waals surface area contributed by atoms with Gasteiger partial charge in [0.15, 0.2) is 0 Å². The molecule has 1 aromatic heterocycles. The van der Waals surface area contributed by atoms with Gasteiger partial charge in [-0.25, -0.2) is 13.1 Å². The van der Waals surface area contributed by atoms with Crippen molar-refractivity contribution < 1.29 is 21.6 Å². The molecule has 0 aromatic carbocycles. The first kappa shape index (κ1) is 16.3. The van der Waals surface area contributed by atoms with Gasteiger partial charge >= 0.3 is 6.18 Å². The molecule has 10 heteroatoms. The second-order valence-electron chi connectivity index (χ2n) is 3.60.